The monoisotopic (exact) mass is 148 g/mol. The van der Waals surface area contributed by atoms with Gasteiger partial charge in [0.2, 0.25) is 0 Å². The standard InChI is InChI=1S/C8H9N3/c9-7-11-6-3-8-1-4-10-5-2-8/h1-2,4-5,11H,3,6H2/p+1. The van der Waals surface area contributed by atoms with Crippen molar-refractivity contribution in [2.24, 2.45) is 0 Å². The highest BCUT2D eigenvalue weighted by Crippen LogP contribution is 1.94. The van der Waals surface area contributed by atoms with Crippen molar-refractivity contribution >= 4 is 0 Å². The Morgan fingerprint density at radius 2 is 2.18 bits per heavy atom. The molecule has 56 valence electrons. The zero-order valence-electron chi connectivity index (χ0n) is 6.20. The minimum atomic E-state index is 0.820. The summed E-state index contributed by atoms with van der Waals surface area (Å²) in [5.74, 6) is 0. The minimum Gasteiger partial charge on any atom is -0.265 e. The lowest BCUT2D eigenvalue weighted by molar-refractivity contribution is -0.569. The number of rotatable bonds is 3. The van der Waals surface area contributed by atoms with E-state index in [1.54, 1.807) is 17.7 Å². The summed E-state index contributed by atoms with van der Waals surface area (Å²) in [4.78, 5) is 3.90. The van der Waals surface area contributed by atoms with Crippen LogP contribution in [0, 0.1) is 11.5 Å². The Bertz CT molecular complexity index is 237. The van der Waals surface area contributed by atoms with Gasteiger partial charge in [-0.15, -0.1) is 5.26 Å². The first-order valence-corrected chi connectivity index (χ1v) is 3.53. The summed E-state index contributed by atoms with van der Waals surface area (Å²) in [5.41, 5.74) is 1.23. The Hall–Kier alpha value is -1.40. The molecule has 0 aliphatic rings. The van der Waals surface area contributed by atoms with Gasteiger partial charge in [-0.3, -0.25) is 4.98 Å². The van der Waals surface area contributed by atoms with E-state index in [0.29, 0.717) is 0 Å². The Kier molecular flexibility index (Phi) is 3.10. The summed E-state index contributed by atoms with van der Waals surface area (Å²) in [6.45, 7) is 0.820. The number of hydrogen-bond donors (Lipinski definition) is 1. The highest BCUT2D eigenvalue weighted by atomic mass is 14.8. The maximum atomic E-state index is 8.23. The molecule has 0 saturated carbocycles. The first-order valence-electron chi connectivity index (χ1n) is 3.53. The third-order valence-electron chi connectivity index (χ3n) is 1.42. The SMILES string of the molecule is N#C[NH2+]CCc1ccncc1. The molecule has 0 aromatic carbocycles. The van der Waals surface area contributed by atoms with Crippen LogP contribution in [-0.2, 0) is 6.42 Å². The molecule has 0 aliphatic carbocycles. The number of quaternary nitrogens is 1. The van der Waals surface area contributed by atoms with Crippen molar-refractivity contribution in [2.75, 3.05) is 6.54 Å². The second-order valence-electron chi connectivity index (χ2n) is 2.23. The van der Waals surface area contributed by atoms with E-state index in [2.05, 4.69) is 4.98 Å². The van der Waals surface area contributed by atoms with Crippen LogP contribution in [0.15, 0.2) is 24.5 Å². The Morgan fingerprint density at radius 3 is 2.82 bits per heavy atom. The molecule has 0 unspecified atom stereocenters. The summed E-state index contributed by atoms with van der Waals surface area (Å²) in [5, 5.41) is 9.84. The number of pyridine rings is 1. The Labute approximate surface area is 65.7 Å². The van der Waals surface area contributed by atoms with Crippen molar-refractivity contribution < 1.29 is 5.32 Å². The lowest BCUT2D eigenvalue weighted by atomic mass is 10.2. The molecule has 0 aliphatic heterocycles. The van der Waals surface area contributed by atoms with Gasteiger partial charge < -0.3 is 0 Å². The average molecular weight is 148 g/mol. The van der Waals surface area contributed by atoms with Crippen LogP contribution in [-0.4, -0.2) is 11.5 Å². The molecule has 0 spiro atoms. The van der Waals surface area contributed by atoms with Crippen LogP contribution < -0.4 is 5.32 Å². The van der Waals surface area contributed by atoms with Crippen molar-refractivity contribution in [3.8, 4) is 6.19 Å². The van der Waals surface area contributed by atoms with Gasteiger partial charge in [-0.05, 0) is 17.7 Å². The van der Waals surface area contributed by atoms with E-state index in [1.165, 1.54) is 5.56 Å². The van der Waals surface area contributed by atoms with Crippen molar-refractivity contribution in [2.45, 2.75) is 6.42 Å². The molecule has 0 bridgehead atoms. The van der Waals surface area contributed by atoms with Crippen LogP contribution in [0.25, 0.3) is 0 Å². The van der Waals surface area contributed by atoms with Crippen LogP contribution in [0.5, 0.6) is 0 Å². The molecule has 3 nitrogen and oxygen atoms in total. The Morgan fingerprint density at radius 1 is 1.45 bits per heavy atom. The third-order valence-corrected chi connectivity index (χ3v) is 1.42. The van der Waals surface area contributed by atoms with E-state index in [0.717, 1.165) is 13.0 Å². The molecule has 1 aromatic heterocycles. The van der Waals surface area contributed by atoms with Gasteiger partial charge in [-0.1, -0.05) is 0 Å². The fourth-order valence-electron chi connectivity index (χ4n) is 0.853. The molecule has 2 N–H and O–H groups in total. The molecule has 11 heavy (non-hydrogen) atoms. The van der Waals surface area contributed by atoms with Crippen LogP contribution in [0.4, 0.5) is 0 Å². The molecule has 3 heteroatoms. The third kappa shape index (κ3) is 2.78. The van der Waals surface area contributed by atoms with Crippen LogP contribution >= 0.6 is 0 Å². The maximum absolute atomic E-state index is 8.23. The summed E-state index contributed by atoms with van der Waals surface area (Å²) >= 11 is 0. The van der Waals surface area contributed by atoms with Gasteiger partial charge in [0.25, 0.3) is 0 Å². The van der Waals surface area contributed by atoms with E-state index in [1.807, 2.05) is 18.3 Å². The summed E-state index contributed by atoms with van der Waals surface area (Å²) in [6.07, 6.45) is 6.46. The molecule has 0 saturated heterocycles. The zero-order valence-corrected chi connectivity index (χ0v) is 6.20. The van der Waals surface area contributed by atoms with Gasteiger partial charge in [-0.2, -0.15) is 0 Å². The topological polar surface area (TPSA) is 53.3 Å². The van der Waals surface area contributed by atoms with E-state index in [4.69, 9.17) is 5.26 Å². The molecule has 1 heterocycles. The van der Waals surface area contributed by atoms with Crippen molar-refractivity contribution in [3.05, 3.63) is 30.1 Å². The lowest BCUT2D eigenvalue weighted by Gasteiger charge is -1.93. The summed E-state index contributed by atoms with van der Waals surface area (Å²) < 4.78 is 0. The molecular weight excluding hydrogens is 138 g/mol. The van der Waals surface area contributed by atoms with Gasteiger partial charge >= 0.3 is 6.19 Å². The molecule has 0 fully saturated rings. The molecule has 0 radical (unpaired) electrons. The second kappa shape index (κ2) is 4.42. The number of nitriles is 1. The first-order chi connectivity index (χ1) is 5.43. The normalized spacial score (nSPS) is 9.00. The molecule has 1 rings (SSSR count). The number of hydrogen-bond acceptors (Lipinski definition) is 2. The molecule has 1 aromatic rings. The summed E-state index contributed by atoms with van der Waals surface area (Å²) in [7, 11) is 0. The molecular formula is C8H10N3+. The fraction of sp³-hybridized carbons (Fsp3) is 0.250. The number of nitrogens with two attached hydrogens (primary N) is 1. The van der Waals surface area contributed by atoms with Crippen LogP contribution in [0.2, 0.25) is 0 Å². The van der Waals surface area contributed by atoms with Gasteiger partial charge in [0.05, 0.1) is 6.54 Å². The van der Waals surface area contributed by atoms with Crippen molar-refractivity contribution in [3.63, 3.8) is 0 Å². The number of nitrogens with zero attached hydrogens (tertiary/aromatic N) is 2. The largest absolute Gasteiger partial charge is 0.305 e. The van der Waals surface area contributed by atoms with Crippen LogP contribution in [0.3, 0.4) is 0 Å². The van der Waals surface area contributed by atoms with Crippen molar-refractivity contribution in [1.82, 2.24) is 4.98 Å². The Balaban J connectivity index is 2.35. The lowest BCUT2D eigenvalue weighted by Crippen LogP contribution is -2.79. The average Bonchev–Trinajstić information content (AvgIpc) is 2.07. The van der Waals surface area contributed by atoms with E-state index in [-0.39, 0.29) is 0 Å². The molecule has 0 atom stereocenters. The van der Waals surface area contributed by atoms with Gasteiger partial charge in [0.1, 0.15) is 0 Å². The number of aromatic nitrogens is 1. The quantitative estimate of drug-likeness (QED) is 0.471. The van der Waals surface area contributed by atoms with Gasteiger partial charge in [0, 0.05) is 18.8 Å². The second-order valence-corrected chi connectivity index (χ2v) is 2.23. The fourth-order valence-corrected chi connectivity index (χ4v) is 0.853. The maximum Gasteiger partial charge on any atom is 0.305 e. The van der Waals surface area contributed by atoms with E-state index in [9.17, 15) is 0 Å². The predicted molar refractivity (Wildman–Crippen MR) is 40.3 cm³/mol. The van der Waals surface area contributed by atoms with E-state index >= 15 is 0 Å². The van der Waals surface area contributed by atoms with Gasteiger partial charge in [-0.25, -0.2) is 5.32 Å². The smallest absolute Gasteiger partial charge is 0.265 e. The van der Waals surface area contributed by atoms with E-state index < -0.39 is 0 Å². The summed E-state index contributed by atoms with van der Waals surface area (Å²) in [6, 6.07) is 3.93. The first kappa shape index (κ1) is 7.70. The highest BCUT2D eigenvalue weighted by molar-refractivity contribution is 5.09. The molecule has 0 amide bonds. The van der Waals surface area contributed by atoms with Gasteiger partial charge in [0.15, 0.2) is 0 Å². The predicted octanol–water partition coefficient (Wildman–Crippen LogP) is -0.331. The highest BCUT2D eigenvalue weighted by Gasteiger charge is 1.91. The van der Waals surface area contributed by atoms with Crippen molar-refractivity contribution in [1.29, 1.82) is 5.26 Å². The zero-order chi connectivity index (χ0) is 7.94. The van der Waals surface area contributed by atoms with Crippen LogP contribution in [0.1, 0.15) is 5.56 Å². The minimum absolute atomic E-state index is 0.820.